The number of piperidine rings is 1. The molecule has 6 nitrogen and oxygen atoms in total. The van der Waals surface area contributed by atoms with Gasteiger partial charge in [0.1, 0.15) is 0 Å². The van der Waals surface area contributed by atoms with Gasteiger partial charge in [-0.1, -0.05) is 0 Å². The summed E-state index contributed by atoms with van der Waals surface area (Å²) >= 11 is 0. The number of nitrogens with zero attached hydrogens (tertiary/aromatic N) is 2. The third-order valence-electron chi connectivity index (χ3n) is 5.25. The van der Waals surface area contributed by atoms with E-state index in [9.17, 15) is 9.59 Å². The molecule has 25 heavy (non-hydrogen) atoms. The van der Waals surface area contributed by atoms with Gasteiger partial charge in [0, 0.05) is 33.1 Å². The van der Waals surface area contributed by atoms with Crippen molar-refractivity contribution in [3.05, 3.63) is 23.3 Å². The van der Waals surface area contributed by atoms with Gasteiger partial charge in [-0.15, -0.1) is 0 Å². The molecule has 2 heterocycles. The molecule has 1 aromatic rings. The van der Waals surface area contributed by atoms with Crippen LogP contribution in [0.15, 0.2) is 12.1 Å². The van der Waals surface area contributed by atoms with Crippen LogP contribution in [0.5, 0.6) is 11.5 Å². The van der Waals surface area contributed by atoms with E-state index in [1.165, 1.54) is 5.56 Å². The Kier molecular flexibility index (Phi) is 5.16. The van der Waals surface area contributed by atoms with Crippen molar-refractivity contribution < 1.29 is 19.1 Å². The monoisotopic (exact) mass is 346 g/mol. The van der Waals surface area contributed by atoms with E-state index >= 15 is 0 Å². The number of methoxy groups -OCH3 is 2. The van der Waals surface area contributed by atoms with Gasteiger partial charge in [0.05, 0.1) is 20.1 Å². The summed E-state index contributed by atoms with van der Waals surface area (Å²) in [6.07, 6.45) is 2.56. The predicted molar refractivity (Wildman–Crippen MR) is 93.6 cm³/mol. The van der Waals surface area contributed by atoms with E-state index in [2.05, 4.69) is 0 Å². The Bertz CT molecular complexity index is 674. The molecule has 1 unspecified atom stereocenters. The van der Waals surface area contributed by atoms with Gasteiger partial charge in [-0.3, -0.25) is 9.59 Å². The van der Waals surface area contributed by atoms with E-state index in [4.69, 9.17) is 9.47 Å². The molecule has 1 saturated heterocycles. The van der Waals surface area contributed by atoms with E-state index in [0.717, 1.165) is 37.1 Å². The van der Waals surface area contributed by atoms with Crippen LogP contribution in [0.2, 0.25) is 0 Å². The number of likely N-dealkylation sites (tertiary alicyclic amines) is 1. The molecule has 1 aromatic carbocycles. The van der Waals surface area contributed by atoms with E-state index in [0.29, 0.717) is 25.4 Å². The highest BCUT2D eigenvalue weighted by Gasteiger charge is 2.32. The lowest BCUT2D eigenvalue weighted by Crippen LogP contribution is -2.47. The standard InChI is InChI=1S/C19H26N2O4/c1-13(22)20-7-4-5-15(11-20)19(23)21-8-6-14-9-17(24-2)18(25-3)10-16(14)12-21/h9-10,15H,4-8,11-12H2,1-3H3. The molecule has 2 aliphatic rings. The molecule has 3 rings (SSSR count). The zero-order valence-electron chi connectivity index (χ0n) is 15.2. The van der Waals surface area contributed by atoms with Crippen LogP contribution in [-0.2, 0) is 22.6 Å². The van der Waals surface area contributed by atoms with Crippen molar-refractivity contribution in [1.29, 1.82) is 0 Å². The third kappa shape index (κ3) is 3.57. The van der Waals surface area contributed by atoms with Crippen molar-refractivity contribution in [2.24, 2.45) is 5.92 Å². The van der Waals surface area contributed by atoms with Crippen LogP contribution in [0.25, 0.3) is 0 Å². The van der Waals surface area contributed by atoms with Crippen molar-refractivity contribution >= 4 is 11.8 Å². The number of hydrogen-bond donors (Lipinski definition) is 0. The summed E-state index contributed by atoms with van der Waals surface area (Å²) in [7, 11) is 3.25. The normalized spacial score (nSPS) is 20.0. The summed E-state index contributed by atoms with van der Waals surface area (Å²) < 4.78 is 10.7. The summed E-state index contributed by atoms with van der Waals surface area (Å²) in [4.78, 5) is 28.3. The number of carbonyl (C=O) groups excluding carboxylic acids is 2. The van der Waals surface area contributed by atoms with Gasteiger partial charge < -0.3 is 19.3 Å². The second-order valence-corrected chi connectivity index (χ2v) is 6.79. The van der Waals surface area contributed by atoms with Crippen molar-refractivity contribution in [3.63, 3.8) is 0 Å². The van der Waals surface area contributed by atoms with Crippen LogP contribution in [0.3, 0.4) is 0 Å². The average molecular weight is 346 g/mol. The zero-order chi connectivity index (χ0) is 18.0. The number of rotatable bonds is 3. The number of fused-ring (bicyclic) bond motifs is 1. The molecule has 0 aromatic heterocycles. The topological polar surface area (TPSA) is 59.1 Å². The fourth-order valence-electron chi connectivity index (χ4n) is 3.79. The van der Waals surface area contributed by atoms with Gasteiger partial charge in [0.25, 0.3) is 0 Å². The molecule has 0 radical (unpaired) electrons. The van der Waals surface area contributed by atoms with Gasteiger partial charge in [-0.05, 0) is 42.5 Å². The molecule has 136 valence electrons. The number of ether oxygens (including phenoxy) is 2. The Balaban J connectivity index is 1.73. The van der Waals surface area contributed by atoms with Crippen molar-refractivity contribution in [2.75, 3.05) is 33.9 Å². The Morgan fingerprint density at radius 3 is 2.36 bits per heavy atom. The first kappa shape index (κ1) is 17.6. The predicted octanol–water partition coefficient (Wildman–Crippen LogP) is 1.85. The third-order valence-corrected chi connectivity index (χ3v) is 5.25. The van der Waals surface area contributed by atoms with Gasteiger partial charge in [-0.2, -0.15) is 0 Å². The molecule has 0 bridgehead atoms. The molecular weight excluding hydrogens is 320 g/mol. The van der Waals surface area contributed by atoms with Gasteiger partial charge in [-0.25, -0.2) is 0 Å². The Morgan fingerprint density at radius 1 is 1.04 bits per heavy atom. The quantitative estimate of drug-likeness (QED) is 0.838. The Hall–Kier alpha value is -2.24. The molecule has 2 aliphatic heterocycles. The highest BCUT2D eigenvalue weighted by atomic mass is 16.5. The highest BCUT2D eigenvalue weighted by Crippen LogP contribution is 2.34. The first-order valence-corrected chi connectivity index (χ1v) is 8.81. The maximum atomic E-state index is 12.9. The molecule has 0 aliphatic carbocycles. The minimum absolute atomic E-state index is 0.0540. The SMILES string of the molecule is COc1cc2c(cc1OC)CN(C(=O)C1CCCN(C(C)=O)C1)CC2. The lowest BCUT2D eigenvalue weighted by atomic mass is 9.93. The number of benzene rings is 1. The molecule has 1 atom stereocenters. The number of hydrogen-bond acceptors (Lipinski definition) is 4. The summed E-state index contributed by atoms with van der Waals surface area (Å²) in [5.41, 5.74) is 2.31. The van der Waals surface area contributed by atoms with Gasteiger partial charge >= 0.3 is 0 Å². The molecule has 1 fully saturated rings. The second-order valence-electron chi connectivity index (χ2n) is 6.79. The molecule has 2 amide bonds. The van der Waals surface area contributed by atoms with Crippen LogP contribution in [0, 0.1) is 5.92 Å². The smallest absolute Gasteiger partial charge is 0.227 e. The number of carbonyl (C=O) groups is 2. The van der Waals surface area contributed by atoms with Crippen LogP contribution in [-0.4, -0.2) is 55.5 Å². The maximum Gasteiger partial charge on any atom is 0.227 e. The molecule has 6 heteroatoms. The Labute approximate surface area is 148 Å². The van der Waals surface area contributed by atoms with Crippen LogP contribution in [0.1, 0.15) is 30.9 Å². The Morgan fingerprint density at radius 2 is 1.72 bits per heavy atom. The number of amides is 2. The largest absolute Gasteiger partial charge is 0.493 e. The lowest BCUT2D eigenvalue weighted by molar-refractivity contribution is -0.140. The van der Waals surface area contributed by atoms with E-state index in [1.54, 1.807) is 26.0 Å². The highest BCUT2D eigenvalue weighted by molar-refractivity contribution is 5.81. The van der Waals surface area contributed by atoms with E-state index in [1.807, 2.05) is 17.0 Å². The first-order valence-electron chi connectivity index (χ1n) is 8.81. The molecule has 0 spiro atoms. The van der Waals surface area contributed by atoms with Gasteiger partial charge in [0.2, 0.25) is 11.8 Å². The van der Waals surface area contributed by atoms with E-state index in [-0.39, 0.29) is 17.7 Å². The zero-order valence-corrected chi connectivity index (χ0v) is 15.2. The fourth-order valence-corrected chi connectivity index (χ4v) is 3.79. The summed E-state index contributed by atoms with van der Waals surface area (Å²) in [6.45, 7) is 4.18. The average Bonchev–Trinajstić information content (AvgIpc) is 2.65. The fraction of sp³-hybridized carbons (Fsp3) is 0.579. The summed E-state index contributed by atoms with van der Waals surface area (Å²) in [6, 6.07) is 3.98. The van der Waals surface area contributed by atoms with Gasteiger partial charge in [0.15, 0.2) is 11.5 Å². The summed E-state index contributed by atoms with van der Waals surface area (Å²) in [5, 5.41) is 0. The van der Waals surface area contributed by atoms with Crippen molar-refractivity contribution in [3.8, 4) is 11.5 Å². The first-order chi connectivity index (χ1) is 12.0. The van der Waals surface area contributed by atoms with Crippen LogP contribution >= 0.6 is 0 Å². The minimum atomic E-state index is -0.0839. The van der Waals surface area contributed by atoms with E-state index < -0.39 is 0 Å². The summed E-state index contributed by atoms with van der Waals surface area (Å²) in [5.74, 6) is 1.55. The van der Waals surface area contributed by atoms with Crippen LogP contribution < -0.4 is 9.47 Å². The molecule has 0 saturated carbocycles. The van der Waals surface area contributed by atoms with Crippen molar-refractivity contribution in [2.45, 2.75) is 32.7 Å². The minimum Gasteiger partial charge on any atom is -0.493 e. The lowest BCUT2D eigenvalue weighted by Gasteiger charge is -2.36. The maximum absolute atomic E-state index is 12.9. The van der Waals surface area contributed by atoms with Crippen LogP contribution in [0.4, 0.5) is 0 Å². The molecule has 0 N–H and O–H groups in total. The second kappa shape index (κ2) is 7.33. The molecular formula is C19H26N2O4. The van der Waals surface area contributed by atoms with Crippen molar-refractivity contribution in [1.82, 2.24) is 9.80 Å².